The number of likely N-dealkylation sites (N-methyl/N-ethyl adjacent to an activating group) is 1. The molecule has 0 aliphatic heterocycles. The smallest absolute Gasteiger partial charge is 0.00883 e. The number of hydrogen-bond donors (Lipinski definition) is 1. The molecule has 1 spiro atoms. The van der Waals surface area contributed by atoms with E-state index in [1.807, 2.05) is 0 Å². The van der Waals surface area contributed by atoms with E-state index in [9.17, 15) is 0 Å². The lowest BCUT2D eigenvalue weighted by molar-refractivity contribution is 0.117. The summed E-state index contributed by atoms with van der Waals surface area (Å²) in [6.45, 7) is 11.3. The average Bonchev–Trinajstić information content (AvgIpc) is 3.14. The Morgan fingerprint density at radius 2 is 1.65 bits per heavy atom. The van der Waals surface area contributed by atoms with E-state index in [-0.39, 0.29) is 5.41 Å². The van der Waals surface area contributed by atoms with Crippen molar-refractivity contribution < 1.29 is 0 Å². The van der Waals surface area contributed by atoms with Crippen molar-refractivity contribution in [3.05, 3.63) is 35.4 Å². The lowest BCUT2D eigenvalue weighted by atomic mass is 9.56. The van der Waals surface area contributed by atoms with Gasteiger partial charge in [0.25, 0.3) is 0 Å². The first kappa shape index (κ1) is 14.1. The van der Waals surface area contributed by atoms with Gasteiger partial charge in [0.2, 0.25) is 0 Å². The first-order chi connectivity index (χ1) is 9.39. The summed E-state index contributed by atoms with van der Waals surface area (Å²) >= 11 is 0. The maximum Gasteiger partial charge on any atom is 0.00883 e. The Hall–Kier alpha value is -0.820. The molecule has 20 heavy (non-hydrogen) atoms. The van der Waals surface area contributed by atoms with Gasteiger partial charge in [-0.25, -0.2) is 0 Å². The highest BCUT2D eigenvalue weighted by atomic mass is 14.9. The van der Waals surface area contributed by atoms with Gasteiger partial charge in [-0.05, 0) is 54.2 Å². The molecule has 0 saturated heterocycles. The van der Waals surface area contributed by atoms with Crippen molar-refractivity contribution in [2.24, 2.45) is 5.41 Å². The molecular weight excluding hydrogens is 242 g/mol. The van der Waals surface area contributed by atoms with Crippen LogP contribution in [0.2, 0.25) is 0 Å². The summed E-state index contributed by atoms with van der Waals surface area (Å²) in [5, 5.41) is 3.60. The molecule has 0 amide bonds. The van der Waals surface area contributed by atoms with Crippen LogP contribution in [-0.2, 0) is 10.8 Å². The summed E-state index contributed by atoms with van der Waals surface area (Å²) in [5.74, 6) is 0. The molecule has 1 aromatic rings. The zero-order valence-electron chi connectivity index (χ0n) is 13.6. The van der Waals surface area contributed by atoms with Gasteiger partial charge in [0.05, 0.1) is 0 Å². The van der Waals surface area contributed by atoms with E-state index in [1.165, 1.54) is 31.2 Å². The molecule has 1 aromatic carbocycles. The van der Waals surface area contributed by atoms with Crippen molar-refractivity contribution in [1.82, 2.24) is 5.32 Å². The maximum atomic E-state index is 3.60. The summed E-state index contributed by atoms with van der Waals surface area (Å²) in [4.78, 5) is 0. The van der Waals surface area contributed by atoms with Crippen LogP contribution in [0.5, 0.6) is 0 Å². The van der Waals surface area contributed by atoms with Crippen LogP contribution in [0.1, 0.15) is 64.5 Å². The van der Waals surface area contributed by atoms with E-state index in [0.29, 0.717) is 5.41 Å². The van der Waals surface area contributed by atoms with Crippen LogP contribution in [-0.4, -0.2) is 13.1 Å². The molecule has 3 rings (SSSR count). The molecule has 1 nitrogen and oxygen atoms in total. The van der Waals surface area contributed by atoms with Crippen molar-refractivity contribution in [2.75, 3.05) is 13.1 Å². The Labute approximate surface area is 124 Å². The van der Waals surface area contributed by atoms with E-state index < -0.39 is 0 Å². The zero-order valence-corrected chi connectivity index (χ0v) is 13.6. The lowest BCUT2D eigenvalue weighted by Crippen LogP contribution is -2.49. The molecular formula is C19H29N. The van der Waals surface area contributed by atoms with E-state index in [0.717, 1.165) is 18.5 Å². The third kappa shape index (κ3) is 2.41. The van der Waals surface area contributed by atoms with Gasteiger partial charge in [-0.15, -0.1) is 0 Å². The van der Waals surface area contributed by atoms with E-state index in [1.54, 1.807) is 5.56 Å². The highest BCUT2D eigenvalue weighted by molar-refractivity contribution is 5.37. The monoisotopic (exact) mass is 271 g/mol. The van der Waals surface area contributed by atoms with E-state index in [2.05, 4.69) is 57.3 Å². The summed E-state index contributed by atoms with van der Waals surface area (Å²) in [7, 11) is 0. The molecule has 1 heteroatoms. The van der Waals surface area contributed by atoms with Crippen molar-refractivity contribution in [2.45, 2.75) is 64.2 Å². The third-order valence-electron chi connectivity index (χ3n) is 5.46. The summed E-state index contributed by atoms with van der Waals surface area (Å²) in [5.41, 5.74) is 4.43. The van der Waals surface area contributed by atoms with E-state index >= 15 is 0 Å². The Kier molecular flexibility index (Phi) is 3.25. The third-order valence-corrected chi connectivity index (χ3v) is 5.46. The lowest BCUT2D eigenvalue weighted by Gasteiger charge is -2.50. The molecule has 2 aliphatic rings. The second kappa shape index (κ2) is 4.59. The summed E-state index contributed by atoms with van der Waals surface area (Å²) < 4.78 is 0. The predicted molar refractivity (Wildman–Crippen MR) is 86.3 cm³/mol. The van der Waals surface area contributed by atoms with Gasteiger partial charge < -0.3 is 5.32 Å². The van der Waals surface area contributed by atoms with Crippen LogP contribution in [0, 0.1) is 5.41 Å². The quantitative estimate of drug-likeness (QED) is 0.855. The number of hydrogen-bond acceptors (Lipinski definition) is 1. The van der Waals surface area contributed by atoms with Crippen LogP contribution >= 0.6 is 0 Å². The fourth-order valence-electron chi connectivity index (χ4n) is 4.03. The van der Waals surface area contributed by atoms with Gasteiger partial charge in [0, 0.05) is 12.0 Å². The second-order valence-corrected chi connectivity index (χ2v) is 8.24. The standard InChI is InChI=1S/C19H29N/c1-5-20-14-19(12-18(13-19)10-11-18)16-8-6-15(7-9-16)17(2,3)4/h6-9,20H,5,10-14H2,1-4H3. The first-order valence-corrected chi connectivity index (χ1v) is 8.21. The first-order valence-electron chi connectivity index (χ1n) is 8.21. The van der Waals surface area contributed by atoms with Gasteiger partial charge >= 0.3 is 0 Å². The van der Waals surface area contributed by atoms with E-state index in [4.69, 9.17) is 0 Å². The zero-order chi connectivity index (χ0) is 14.4. The molecule has 0 aromatic heterocycles. The summed E-state index contributed by atoms with van der Waals surface area (Å²) in [6.07, 6.45) is 5.76. The van der Waals surface area contributed by atoms with Crippen molar-refractivity contribution in [3.63, 3.8) is 0 Å². The van der Waals surface area contributed by atoms with Crippen LogP contribution in [0.4, 0.5) is 0 Å². The van der Waals surface area contributed by atoms with Crippen LogP contribution in [0.15, 0.2) is 24.3 Å². The van der Waals surface area contributed by atoms with Gasteiger partial charge in [-0.1, -0.05) is 52.0 Å². The minimum Gasteiger partial charge on any atom is -0.316 e. The fourth-order valence-corrected chi connectivity index (χ4v) is 4.03. The van der Waals surface area contributed by atoms with Gasteiger partial charge in [0.1, 0.15) is 0 Å². The molecule has 110 valence electrons. The van der Waals surface area contributed by atoms with Gasteiger partial charge in [0.15, 0.2) is 0 Å². The normalized spacial score (nSPS) is 22.6. The van der Waals surface area contributed by atoms with Crippen LogP contribution < -0.4 is 5.32 Å². The number of nitrogens with one attached hydrogen (secondary N) is 1. The Morgan fingerprint density at radius 3 is 2.10 bits per heavy atom. The van der Waals surface area contributed by atoms with Gasteiger partial charge in [-0.3, -0.25) is 0 Å². The van der Waals surface area contributed by atoms with Crippen molar-refractivity contribution in [1.29, 1.82) is 0 Å². The molecule has 2 aliphatic carbocycles. The second-order valence-electron chi connectivity index (χ2n) is 8.24. The molecule has 1 N–H and O–H groups in total. The van der Waals surface area contributed by atoms with Crippen molar-refractivity contribution in [3.8, 4) is 0 Å². The topological polar surface area (TPSA) is 12.0 Å². The molecule has 0 radical (unpaired) electrons. The SMILES string of the molecule is CCNCC1(c2ccc(C(C)(C)C)cc2)CC2(CC2)C1. The van der Waals surface area contributed by atoms with Gasteiger partial charge in [-0.2, -0.15) is 0 Å². The number of rotatable bonds is 4. The Bertz CT molecular complexity index is 465. The average molecular weight is 271 g/mol. The highest BCUT2D eigenvalue weighted by Gasteiger charge is 2.60. The summed E-state index contributed by atoms with van der Waals surface area (Å²) in [6, 6.07) is 9.49. The Balaban J connectivity index is 1.81. The molecule has 2 saturated carbocycles. The fraction of sp³-hybridized carbons (Fsp3) is 0.684. The number of benzene rings is 1. The predicted octanol–water partition coefficient (Wildman–Crippen LogP) is 4.41. The maximum absolute atomic E-state index is 3.60. The highest BCUT2D eigenvalue weighted by Crippen LogP contribution is 2.68. The molecule has 2 fully saturated rings. The minimum absolute atomic E-state index is 0.255. The molecule has 0 unspecified atom stereocenters. The van der Waals surface area contributed by atoms with Crippen LogP contribution in [0.3, 0.4) is 0 Å². The van der Waals surface area contributed by atoms with Crippen molar-refractivity contribution >= 4 is 0 Å². The molecule has 0 bridgehead atoms. The Morgan fingerprint density at radius 1 is 1.05 bits per heavy atom. The van der Waals surface area contributed by atoms with Crippen LogP contribution in [0.25, 0.3) is 0 Å². The minimum atomic E-state index is 0.255. The largest absolute Gasteiger partial charge is 0.316 e. The molecule has 0 heterocycles. The molecule has 0 atom stereocenters.